The predicted molar refractivity (Wildman–Crippen MR) is 133 cm³/mol. The number of rotatable bonds is 9. The summed E-state index contributed by atoms with van der Waals surface area (Å²) in [5.74, 6) is 0.585. The second kappa shape index (κ2) is 12.9. The van der Waals surface area contributed by atoms with Crippen LogP contribution in [0.1, 0.15) is 24.8 Å². The van der Waals surface area contributed by atoms with Gasteiger partial charge in [0.15, 0.2) is 0 Å². The van der Waals surface area contributed by atoms with Crippen LogP contribution in [0.5, 0.6) is 0 Å². The minimum Gasteiger partial charge on any atom is -0.394 e. The Labute approximate surface area is 208 Å². The van der Waals surface area contributed by atoms with Crippen LogP contribution in [0.25, 0.3) is 6.08 Å². The highest BCUT2D eigenvalue weighted by Gasteiger charge is 2.21. The first-order chi connectivity index (χ1) is 15.5. The summed E-state index contributed by atoms with van der Waals surface area (Å²) in [5, 5.41) is 10.5. The summed E-state index contributed by atoms with van der Waals surface area (Å²) in [7, 11) is 0. The normalized spacial score (nSPS) is 14.9. The lowest BCUT2D eigenvalue weighted by Crippen LogP contribution is -2.37. The van der Waals surface area contributed by atoms with Crippen LogP contribution in [0.4, 0.5) is 0 Å². The molecule has 2 aromatic rings. The molecule has 1 amide bonds. The molecule has 1 fully saturated rings. The Kier molecular flexibility index (Phi) is 10.2. The molecule has 0 aromatic heterocycles. The van der Waals surface area contributed by atoms with Crippen molar-refractivity contribution in [1.82, 2.24) is 4.90 Å². The van der Waals surface area contributed by atoms with Crippen LogP contribution in [0.3, 0.4) is 0 Å². The fourth-order valence-corrected chi connectivity index (χ4v) is 5.16. The second-order valence-electron chi connectivity index (χ2n) is 7.59. The Bertz CT molecular complexity index is 946. The lowest BCUT2D eigenvalue weighted by Gasteiger charge is -2.31. The van der Waals surface area contributed by atoms with Crippen molar-refractivity contribution in [1.29, 1.82) is 0 Å². The molecular formula is C24H26Cl3NO3S. The van der Waals surface area contributed by atoms with Crippen LogP contribution in [0, 0.1) is 5.92 Å². The average molecular weight is 515 g/mol. The highest BCUT2D eigenvalue weighted by atomic mass is 35.5. The molecule has 1 aliphatic rings. The summed E-state index contributed by atoms with van der Waals surface area (Å²) in [6, 6.07) is 11.1. The highest BCUT2D eigenvalue weighted by molar-refractivity contribution is 7.99. The Morgan fingerprint density at radius 1 is 1.06 bits per heavy atom. The van der Waals surface area contributed by atoms with Crippen LogP contribution < -0.4 is 0 Å². The maximum Gasteiger partial charge on any atom is 0.246 e. The zero-order valence-electron chi connectivity index (χ0n) is 17.6. The lowest BCUT2D eigenvalue weighted by atomic mass is 9.94. The van der Waals surface area contributed by atoms with E-state index in [9.17, 15) is 4.79 Å². The van der Waals surface area contributed by atoms with E-state index in [0.29, 0.717) is 34.2 Å². The van der Waals surface area contributed by atoms with Gasteiger partial charge in [0.25, 0.3) is 0 Å². The van der Waals surface area contributed by atoms with E-state index < -0.39 is 0 Å². The van der Waals surface area contributed by atoms with E-state index in [4.69, 9.17) is 44.6 Å². The largest absolute Gasteiger partial charge is 0.394 e. The molecule has 0 spiro atoms. The standard InChI is InChI=1S/C24H26Cl3NO3S/c25-19-3-5-23(21(27)16-19)32-22-4-1-18(15-20(22)26)2-6-24(30)28-10-7-17(8-11-28)9-13-31-14-12-29/h1-6,15-17,29H,7-14H2/b6-2+. The zero-order chi connectivity index (χ0) is 22.9. The fourth-order valence-electron chi connectivity index (χ4n) is 3.51. The van der Waals surface area contributed by atoms with E-state index in [0.717, 1.165) is 47.7 Å². The maximum absolute atomic E-state index is 12.6. The molecule has 2 aromatic carbocycles. The first-order valence-electron chi connectivity index (χ1n) is 10.5. The van der Waals surface area contributed by atoms with Crippen molar-refractivity contribution >= 4 is 58.5 Å². The van der Waals surface area contributed by atoms with Gasteiger partial charge in [-0.2, -0.15) is 0 Å². The number of hydrogen-bond donors (Lipinski definition) is 1. The van der Waals surface area contributed by atoms with E-state index in [-0.39, 0.29) is 12.5 Å². The third kappa shape index (κ3) is 7.68. The molecule has 1 aliphatic heterocycles. The summed E-state index contributed by atoms with van der Waals surface area (Å²) >= 11 is 20.1. The molecule has 1 heterocycles. The second-order valence-corrected chi connectivity index (χ2v) is 9.93. The van der Waals surface area contributed by atoms with Crippen LogP contribution >= 0.6 is 46.6 Å². The van der Waals surface area contributed by atoms with Crippen LogP contribution in [0.15, 0.2) is 52.3 Å². The number of piperidine rings is 1. The zero-order valence-corrected chi connectivity index (χ0v) is 20.7. The molecule has 0 unspecified atom stereocenters. The molecule has 1 N–H and O–H groups in total. The van der Waals surface area contributed by atoms with Crippen molar-refractivity contribution in [3.8, 4) is 0 Å². The number of benzene rings is 2. The number of ether oxygens (including phenoxy) is 1. The van der Waals surface area contributed by atoms with Crippen LogP contribution in [-0.2, 0) is 9.53 Å². The first-order valence-corrected chi connectivity index (χ1v) is 12.5. The number of amides is 1. The highest BCUT2D eigenvalue weighted by Crippen LogP contribution is 2.38. The molecule has 172 valence electrons. The molecule has 0 saturated carbocycles. The van der Waals surface area contributed by atoms with Gasteiger partial charge in [-0.1, -0.05) is 52.6 Å². The molecule has 8 heteroatoms. The summed E-state index contributed by atoms with van der Waals surface area (Å²) < 4.78 is 5.34. The molecule has 0 aliphatic carbocycles. The Balaban J connectivity index is 1.51. The molecular weight excluding hydrogens is 489 g/mol. The topological polar surface area (TPSA) is 49.8 Å². The minimum absolute atomic E-state index is 0.0162. The third-order valence-corrected chi connectivity index (χ3v) is 7.56. The van der Waals surface area contributed by atoms with Gasteiger partial charge >= 0.3 is 0 Å². The van der Waals surface area contributed by atoms with Crippen molar-refractivity contribution in [3.63, 3.8) is 0 Å². The van der Waals surface area contributed by atoms with Gasteiger partial charge in [-0.05, 0) is 67.2 Å². The van der Waals surface area contributed by atoms with Gasteiger partial charge in [-0.3, -0.25) is 4.79 Å². The van der Waals surface area contributed by atoms with Gasteiger partial charge in [0.2, 0.25) is 5.91 Å². The number of likely N-dealkylation sites (tertiary alicyclic amines) is 1. The quantitative estimate of drug-likeness (QED) is 0.309. The van der Waals surface area contributed by atoms with Crippen molar-refractivity contribution < 1.29 is 14.6 Å². The summed E-state index contributed by atoms with van der Waals surface area (Å²) in [6.45, 7) is 2.62. The van der Waals surface area contributed by atoms with Gasteiger partial charge in [0, 0.05) is 40.6 Å². The summed E-state index contributed by atoms with van der Waals surface area (Å²) in [4.78, 5) is 16.2. The Hall–Kier alpha value is -1.21. The Morgan fingerprint density at radius 2 is 1.75 bits per heavy atom. The Morgan fingerprint density at radius 3 is 2.41 bits per heavy atom. The molecule has 0 radical (unpaired) electrons. The van der Waals surface area contributed by atoms with E-state index in [1.807, 2.05) is 29.2 Å². The van der Waals surface area contributed by atoms with Crippen molar-refractivity contribution in [2.75, 3.05) is 32.9 Å². The average Bonchev–Trinajstić information content (AvgIpc) is 2.79. The number of hydrogen-bond acceptors (Lipinski definition) is 4. The van der Waals surface area contributed by atoms with Gasteiger partial charge in [0.05, 0.1) is 23.3 Å². The number of carbonyl (C=O) groups excluding carboxylic acids is 1. The molecule has 1 saturated heterocycles. The minimum atomic E-state index is 0.0162. The third-order valence-electron chi connectivity index (χ3n) is 5.32. The summed E-state index contributed by atoms with van der Waals surface area (Å²) in [5.41, 5.74) is 0.867. The van der Waals surface area contributed by atoms with Gasteiger partial charge < -0.3 is 14.7 Å². The monoisotopic (exact) mass is 513 g/mol. The van der Waals surface area contributed by atoms with E-state index in [1.165, 1.54) is 11.8 Å². The number of aliphatic hydroxyl groups is 1. The van der Waals surface area contributed by atoms with Crippen molar-refractivity contribution in [3.05, 3.63) is 63.1 Å². The fraction of sp³-hybridized carbons (Fsp3) is 0.375. The van der Waals surface area contributed by atoms with Crippen molar-refractivity contribution in [2.45, 2.75) is 29.1 Å². The number of nitrogens with zero attached hydrogens (tertiary/aromatic N) is 1. The van der Waals surface area contributed by atoms with Gasteiger partial charge in [-0.15, -0.1) is 0 Å². The van der Waals surface area contributed by atoms with Crippen LogP contribution in [-0.4, -0.2) is 48.8 Å². The molecule has 4 nitrogen and oxygen atoms in total. The summed E-state index contributed by atoms with van der Waals surface area (Å²) in [6.07, 6.45) is 6.34. The van der Waals surface area contributed by atoms with E-state index >= 15 is 0 Å². The SMILES string of the molecule is O=C(/C=C/c1ccc(Sc2ccc(Cl)cc2Cl)c(Cl)c1)N1CCC(CCOCCO)CC1. The van der Waals surface area contributed by atoms with Crippen molar-refractivity contribution in [2.24, 2.45) is 5.92 Å². The number of aliphatic hydroxyl groups excluding tert-OH is 1. The van der Waals surface area contributed by atoms with E-state index in [2.05, 4.69) is 0 Å². The van der Waals surface area contributed by atoms with E-state index in [1.54, 1.807) is 24.3 Å². The molecule has 3 rings (SSSR count). The number of halogens is 3. The molecule has 0 bridgehead atoms. The maximum atomic E-state index is 12.6. The van der Waals surface area contributed by atoms with Gasteiger partial charge in [-0.25, -0.2) is 0 Å². The molecule has 32 heavy (non-hydrogen) atoms. The number of carbonyl (C=O) groups is 1. The first kappa shape index (κ1) is 25.4. The lowest BCUT2D eigenvalue weighted by molar-refractivity contribution is -0.127. The smallest absolute Gasteiger partial charge is 0.246 e. The van der Waals surface area contributed by atoms with Gasteiger partial charge in [0.1, 0.15) is 0 Å². The van der Waals surface area contributed by atoms with Crippen LogP contribution in [0.2, 0.25) is 15.1 Å². The predicted octanol–water partition coefficient (Wildman–Crippen LogP) is 6.45. The molecule has 0 atom stereocenters.